The monoisotopic (exact) mass is 272 g/mol. The lowest BCUT2D eigenvalue weighted by molar-refractivity contribution is -0.144. The molecule has 0 aliphatic carbocycles. The molecule has 1 fully saturated rings. The van der Waals surface area contributed by atoms with Crippen LogP contribution in [0, 0.1) is 5.92 Å². The van der Waals surface area contributed by atoms with Crippen LogP contribution < -0.4 is 5.32 Å². The van der Waals surface area contributed by atoms with E-state index in [1.54, 1.807) is 4.90 Å². The fraction of sp³-hybridized carbons (Fsp3) is 0.846. The molecule has 1 N–H and O–H groups in total. The first-order valence-electron chi connectivity index (χ1n) is 6.71. The van der Waals surface area contributed by atoms with Gasteiger partial charge >= 0.3 is 5.97 Å². The molecule has 1 aliphatic heterocycles. The molecule has 0 radical (unpaired) electrons. The first kappa shape index (κ1) is 15.9. The molecule has 0 aromatic carbocycles. The second-order valence-electron chi connectivity index (χ2n) is 5.08. The molecule has 1 amide bonds. The molecule has 1 unspecified atom stereocenters. The molecule has 0 spiro atoms. The molecule has 1 saturated heterocycles. The predicted molar refractivity (Wildman–Crippen MR) is 70.7 cm³/mol. The summed E-state index contributed by atoms with van der Waals surface area (Å²) in [7, 11) is 1.36. The number of carbonyl (C=O) groups is 2. The van der Waals surface area contributed by atoms with E-state index in [0.29, 0.717) is 38.6 Å². The van der Waals surface area contributed by atoms with E-state index < -0.39 is 6.04 Å². The fourth-order valence-electron chi connectivity index (χ4n) is 2.01. The molecule has 0 saturated carbocycles. The third-order valence-electron chi connectivity index (χ3n) is 3.06. The van der Waals surface area contributed by atoms with Crippen LogP contribution in [-0.4, -0.2) is 62.8 Å². The zero-order valence-electron chi connectivity index (χ0n) is 12.0. The van der Waals surface area contributed by atoms with Gasteiger partial charge in [0, 0.05) is 13.1 Å². The minimum Gasteiger partial charge on any atom is -0.468 e. The Labute approximate surface area is 114 Å². The zero-order chi connectivity index (χ0) is 14.3. The number of nitrogens with one attached hydrogen (secondary N) is 1. The number of hydrogen-bond donors (Lipinski definition) is 1. The Morgan fingerprint density at radius 1 is 1.32 bits per heavy atom. The van der Waals surface area contributed by atoms with Crippen molar-refractivity contribution in [1.29, 1.82) is 0 Å². The molecular weight excluding hydrogens is 248 g/mol. The number of nitrogens with zero attached hydrogens (tertiary/aromatic N) is 1. The number of amides is 1. The van der Waals surface area contributed by atoms with Gasteiger partial charge in [-0.3, -0.25) is 14.9 Å². The highest BCUT2D eigenvalue weighted by atomic mass is 16.5. The third-order valence-corrected chi connectivity index (χ3v) is 3.06. The molecule has 1 atom stereocenters. The maximum atomic E-state index is 12.0. The molecule has 6 nitrogen and oxygen atoms in total. The van der Waals surface area contributed by atoms with Crippen LogP contribution in [0.4, 0.5) is 0 Å². The summed E-state index contributed by atoms with van der Waals surface area (Å²) < 4.78 is 9.94. The second kappa shape index (κ2) is 8.12. The number of carbonyl (C=O) groups excluding carboxylic acids is 2. The van der Waals surface area contributed by atoms with Crippen molar-refractivity contribution >= 4 is 11.9 Å². The summed E-state index contributed by atoms with van der Waals surface area (Å²) in [5.41, 5.74) is 0. The van der Waals surface area contributed by atoms with Crippen LogP contribution in [0.25, 0.3) is 0 Å². The lowest BCUT2D eigenvalue weighted by Crippen LogP contribution is -2.48. The van der Waals surface area contributed by atoms with Gasteiger partial charge in [0.2, 0.25) is 5.91 Å². The van der Waals surface area contributed by atoms with Crippen molar-refractivity contribution < 1.29 is 19.1 Å². The molecule has 1 aliphatic rings. The predicted octanol–water partition coefficient (Wildman–Crippen LogP) is 0.0225. The second-order valence-corrected chi connectivity index (χ2v) is 5.08. The molecule has 1 rings (SSSR count). The molecular formula is C13H24N2O4. The van der Waals surface area contributed by atoms with Gasteiger partial charge in [-0.05, 0) is 12.3 Å². The minimum atomic E-state index is -0.421. The quantitative estimate of drug-likeness (QED) is 0.691. The number of rotatable bonds is 6. The van der Waals surface area contributed by atoms with Crippen LogP contribution in [0.3, 0.4) is 0 Å². The van der Waals surface area contributed by atoms with Gasteiger partial charge in [0.1, 0.15) is 6.04 Å². The van der Waals surface area contributed by atoms with Gasteiger partial charge in [-0.2, -0.15) is 0 Å². The zero-order valence-corrected chi connectivity index (χ0v) is 12.0. The largest absolute Gasteiger partial charge is 0.468 e. The Balaban J connectivity index is 2.41. The number of morpholine rings is 1. The summed E-state index contributed by atoms with van der Waals surface area (Å²) in [5.74, 6) is 0.0412. The molecule has 1 heterocycles. The first-order chi connectivity index (χ1) is 9.04. The van der Waals surface area contributed by atoms with Crippen molar-refractivity contribution in [1.82, 2.24) is 10.2 Å². The average molecular weight is 272 g/mol. The van der Waals surface area contributed by atoms with Gasteiger partial charge in [-0.1, -0.05) is 13.8 Å². The van der Waals surface area contributed by atoms with E-state index in [2.05, 4.69) is 5.32 Å². The van der Waals surface area contributed by atoms with Crippen LogP contribution in [-0.2, 0) is 19.1 Å². The summed E-state index contributed by atoms with van der Waals surface area (Å²) >= 11 is 0. The molecule has 0 aromatic heterocycles. The third kappa shape index (κ3) is 5.57. The van der Waals surface area contributed by atoms with E-state index in [0.717, 1.165) is 0 Å². The lowest BCUT2D eigenvalue weighted by atomic mass is 10.0. The Bertz CT molecular complexity index is 301. The molecule has 110 valence electrons. The van der Waals surface area contributed by atoms with Crippen LogP contribution in [0.15, 0.2) is 0 Å². The number of esters is 1. The van der Waals surface area contributed by atoms with Gasteiger partial charge in [-0.15, -0.1) is 0 Å². The van der Waals surface area contributed by atoms with E-state index in [1.807, 2.05) is 13.8 Å². The van der Waals surface area contributed by atoms with Crippen molar-refractivity contribution in [3.05, 3.63) is 0 Å². The van der Waals surface area contributed by atoms with Gasteiger partial charge in [0.25, 0.3) is 0 Å². The van der Waals surface area contributed by atoms with E-state index in [-0.39, 0.29) is 18.4 Å². The van der Waals surface area contributed by atoms with Crippen LogP contribution in [0.5, 0.6) is 0 Å². The summed E-state index contributed by atoms with van der Waals surface area (Å²) in [6.45, 7) is 6.62. The standard InChI is InChI=1S/C13H24N2O4/c1-10(2)8-11(13(17)18-3)14-9-12(16)15-4-6-19-7-5-15/h10-11,14H,4-9H2,1-3H3. The van der Waals surface area contributed by atoms with Crippen molar-refractivity contribution in [2.45, 2.75) is 26.3 Å². The molecule has 0 bridgehead atoms. The fourth-order valence-corrected chi connectivity index (χ4v) is 2.01. The first-order valence-corrected chi connectivity index (χ1v) is 6.71. The summed E-state index contributed by atoms with van der Waals surface area (Å²) in [6.07, 6.45) is 0.656. The van der Waals surface area contributed by atoms with Gasteiger partial charge in [0.05, 0.1) is 26.9 Å². The summed E-state index contributed by atoms with van der Waals surface area (Å²) in [5, 5.41) is 2.99. The number of hydrogen-bond acceptors (Lipinski definition) is 5. The van der Waals surface area contributed by atoms with Crippen molar-refractivity contribution in [3.63, 3.8) is 0 Å². The Kier molecular flexibility index (Phi) is 6.80. The van der Waals surface area contributed by atoms with Gasteiger partial charge in [0.15, 0.2) is 0 Å². The number of ether oxygens (including phenoxy) is 2. The topological polar surface area (TPSA) is 67.9 Å². The average Bonchev–Trinajstić information content (AvgIpc) is 2.42. The van der Waals surface area contributed by atoms with Crippen LogP contribution in [0.2, 0.25) is 0 Å². The lowest BCUT2D eigenvalue weighted by Gasteiger charge is -2.27. The summed E-state index contributed by atoms with van der Waals surface area (Å²) in [4.78, 5) is 25.3. The SMILES string of the molecule is COC(=O)C(CC(C)C)NCC(=O)N1CCOCC1. The highest BCUT2D eigenvalue weighted by Gasteiger charge is 2.23. The Morgan fingerprint density at radius 3 is 2.47 bits per heavy atom. The van der Waals surface area contributed by atoms with Gasteiger partial charge in [-0.25, -0.2) is 0 Å². The van der Waals surface area contributed by atoms with E-state index in [1.165, 1.54) is 7.11 Å². The smallest absolute Gasteiger partial charge is 0.322 e. The van der Waals surface area contributed by atoms with Crippen molar-refractivity contribution in [2.75, 3.05) is 40.0 Å². The van der Waals surface area contributed by atoms with Crippen LogP contribution >= 0.6 is 0 Å². The minimum absolute atomic E-state index is 0.000888. The molecule has 19 heavy (non-hydrogen) atoms. The maximum absolute atomic E-state index is 12.0. The maximum Gasteiger partial charge on any atom is 0.322 e. The van der Waals surface area contributed by atoms with Crippen molar-refractivity contribution in [2.24, 2.45) is 5.92 Å². The van der Waals surface area contributed by atoms with E-state index in [4.69, 9.17) is 9.47 Å². The van der Waals surface area contributed by atoms with Gasteiger partial charge < -0.3 is 14.4 Å². The summed E-state index contributed by atoms with van der Waals surface area (Å²) in [6, 6.07) is -0.421. The van der Waals surface area contributed by atoms with Crippen LogP contribution in [0.1, 0.15) is 20.3 Å². The van der Waals surface area contributed by atoms with Crippen molar-refractivity contribution in [3.8, 4) is 0 Å². The van der Waals surface area contributed by atoms with E-state index in [9.17, 15) is 9.59 Å². The molecule has 0 aromatic rings. The highest BCUT2D eigenvalue weighted by molar-refractivity contribution is 5.80. The molecule has 6 heteroatoms. The Morgan fingerprint density at radius 2 is 1.95 bits per heavy atom. The normalized spacial score (nSPS) is 17.4. The highest BCUT2D eigenvalue weighted by Crippen LogP contribution is 2.06. The van der Waals surface area contributed by atoms with E-state index >= 15 is 0 Å². The number of methoxy groups -OCH3 is 1. The Hall–Kier alpha value is -1.14.